The fourth-order valence-electron chi connectivity index (χ4n) is 2.19. The van der Waals surface area contributed by atoms with Crippen LogP contribution in [0.1, 0.15) is 11.4 Å². The van der Waals surface area contributed by atoms with E-state index in [1.807, 2.05) is 28.8 Å². The molecule has 0 aliphatic heterocycles. The van der Waals surface area contributed by atoms with E-state index in [-0.39, 0.29) is 12.4 Å². The highest BCUT2D eigenvalue weighted by Crippen LogP contribution is 2.18. The van der Waals surface area contributed by atoms with Crippen molar-refractivity contribution < 1.29 is 9.50 Å². The van der Waals surface area contributed by atoms with Crippen LogP contribution in [0, 0.1) is 5.82 Å². The molecular formula is C15H13FN2O. The highest BCUT2D eigenvalue weighted by molar-refractivity contribution is 5.76. The van der Waals surface area contributed by atoms with Gasteiger partial charge in [0.05, 0.1) is 11.0 Å². The van der Waals surface area contributed by atoms with Gasteiger partial charge in [0.2, 0.25) is 0 Å². The fraction of sp³-hybridized carbons (Fsp3) is 0.133. The van der Waals surface area contributed by atoms with Gasteiger partial charge in [-0.1, -0.05) is 24.3 Å². The third-order valence-electron chi connectivity index (χ3n) is 3.13. The summed E-state index contributed by atoms with van der Waals surface area (Å²) in [7, 11) is 0. The number of rotatable bonds is 3. The number of aliphatic hydroxyl groups excluding tert-OH is 1. The van der Waals surface area contributed by atoms with E-state index < -0.39 is 0 Å². The minimum absolute atomic E-state index is 0.115. The Balaban J connectivity index is 2.06. The molecule has 3 nitrogen and oxygen atoms in total. The van der Waals surface area contributed by atoms with Gasteiger partial charge in [0.25, 0.3) is 0 Å². The van der Waals surface area contributed by atoms with E-state index in [0.29, 0.717) is 12.4 Å². The number of fused-ring (bicyclic) bond motifs is 1. The lowest BCUT2D eigenvalue weighted by Gasteiger charge is -2.08. The number of nitrogens with zero attached hydrogens (tertiary/aromatic N) is 2. The molecule has 19 heavy (non-hydrogen) atoms. The number of imidazole rings is 1. The van der Waals surface area contributed by atoms with Gasteiger partial charge in [-0.25, -0.2) is 9.37 Å². The molecule has 1 heterocycles. The molecule has 2 aromatic carbocycles. The number of hydrogen-bond donors (Lipinski definition) is 1. The first-order valence-electron chi connectivity index (χ1n) is 6.07. The van der Waals surface area contributed by atoms with Gasteiger partial charge in [0, 0.05) is 6.54 Å². The van der Waals surface area contributed by atoms with E-state index in [9.17, 15) is 9.50 Å². The van der Waals surface area contributed by atoms with Crippen LogP contribution in [0.4, 0.5) is 4.39 Å². The van der Waals surface area contributed by atoms with E-state index in [4.69, 9.17) is 0 Å². The lowest BCUT2D eigenvalue weighted by molar-refractivity contribution is 0.267. The second-order valence-electron chi connectivity index (χ2n) is 4.39. The standard InChI is InChI=1S/C15H13FN2O/c16-12-7-5-11(6-8-12)9-18-14-4-2-1-3-13(14)17-15(18)10-19/h1-8,19H,9-10H2. The zero-order valence-corrected chi connectivity index (χ0v) is 10.3. The number of para-hydroxylation sites is 2. The Morgan fingerprint density at radius 1 is 1.05 bits per heavy atom. The maximum absolute atomic E-state index is 12.9. The lowest BCUT2D eigenvalue weighted by atomic mass is 10.2. The molecule has 1 aromatic heterocycles. The Labute approximate surface area is 109 Å². The first-order chi connectivity index (χ1) is 9.28. The minimum atomic E-state index is -0.248. The van der Waals surface area contributed by atoms with Crippen molar-refractivity contribution in [3.8, 4) is 0 Å². The molecule has 0 fully saturated rings. The van der Waals surface area contributed by atoms with E-state index in [1.54, 1.807) is 12.1 Å². The molecule has 1 N–H and O–H groups in total. The largest absolute Gasteiger partial charge is 0.388 e. The second-order valence-corrected chi connectivity index (χ2v) is 4.39. The summed E-state index contributed by atoms with van der Waals surface area (Å²) in [5, 5.41) is 9.40. The van der Waals surface area contributed by atoms with Crippen LogP contribution in [0.2, 0.25) is 0 Å². The Morgan fingerprint density at radius 3 is 2.53 bits per heavy atom. The number of aromatic nitrogens is 2. The number of benzene rings is 2. The van der Waals surface area contributed by atoms with E-state index in [0.717, 1.165) is 16.6 Å². The summed E-state index contributed by atoms with van der Waals surface area (Å²) in [6.45, 7) is 0.451. The molecule has 96 valence electrons. The van der Waals surface area contributed by atoms with Crippen LogP contribution >= 0.6 is 0 Å². The van der Waals surface area contributed by atoms with Crippen molar-refractivity contribution in [3.63, 3.8) is 0 Å². The third kappa shape index (κ3) is 2.22. The summed E-state index contributed by atoms with van der Waals surface area (Å²) >= 11 is 0. The van der Waals surface area contributed by atoms with Crippen LogP contribution < -0.4 is 0 Å². The fourth-order valence-corrected chi connectivity index (χ4v) is 2.19. The summed E-state index contributed by atoms with van der Waals surface area (Å²) in [6, 6.07) is 14.1. The van der Waals surface area contributed by atoms with Crippen molar-refractivity contribution in [2.45, 2.75) is 13.2 Å². The van der Waals surface area contributed by atoms with Gasteiger partial charge < -0.3 is 9.67 Å². The Kier molecular flexibility index (Phi) is 3.01. The zero-order chi connectivity index (χ0) is 13.2. The monoisotopic (exact) mass is 256 g/mol. The first-order valence-corrected chi connectivity index (χ1v) is 6.07. The Bertz CT molecular complexity index is 704. The summed E-state index contributed by atoms with van der Waals surface area (Å²) in [5.41, 5.74) is 2.80. The van der Waals surface area contributed by atoms with Crippen molar-refractivity contribution in [2.24, 2.45) is 0 Å². The Hall–Kier alpha value is -2.20. The highest BCUT2D eigenvalue weighted by atomic mass is 19.1. The molecule has 0 aliphatic carbocycles. The predicted molar refractivity (Wildman–Crippen MR) is 71.2 cm³/mol. The number of aliphatic hydroxyl groups is 1. The van der Waals surface area contributed by atoms with E-state index in [1.165, 1.54) is 12.1 Å². The van der Waals surface area contributed by atoms with Gasteiger partial charge >= 0.3 is 0 Å². The quantitative estimate of drug-likeness (QED) is 0.782. The predicted octanol–water partition coefficient (Wildman–Crippen LogP) is 2.72. The molecule has 0 amide bonds. The average molecular weight is 256 g/mol. The molecule has 0 atom stereocenters. The van der Waals surface area contributed by atoms with Crippen LogP contribution in [0.3, 0.4) is 0 Å². The Morgan fingerprint density at radius 2 is 1.79 bits per heavy atom. The summed E-state index contributed by atoms with van der Waals surface area (Å²) in [5.74, 6) is 0.368. The first kappa shape index (κ1) is 11.9. The van der Waals surface area contributed by atoms with Crippen LogP contribution in [0.25, 0.3) is 11.0 Å². The average Bonchev–Trinajstić information content (AvgIpc) is 2.79. The van der Waals surface area contributed by atoms with Gasteiger partial charge in [-0.05, 0) is 29.8 Å². The van der Waals surface area contributed by atoms with Crippen molar-refractivity contribution in [3.05, 3.63) is 65.7 Å². The van der Waals surface area contributed by atoms with Crippen molar-refractivity contribution in [2.75, 3.05) is 0 Å². The summed E-state index contributed by atoms with van der Waals surface area (Å²) < 4.78 is 14.9. The topological polar surface area (TPSA) is 38.1 Å². The van der Waals surface area contributed by atoms with Gasteiger partial charge in [-0.15, -0.1) is 0 Å². The van der Waals surface area contributed by atoms with Crippen LogP contribution in [-0.4, -0.2) is 14.7 Å². The molecular weight excluding hydrogens is 243 g/mol. The molecule has 0 radical (unpaired) electrons. The normalized spacial score (nSPS) is 11.1. The molecule has 0 spiro atoms. The van der Waals surface area contributed by atoms with Gasteiger partial charge in [-0.2, -0.15) is 0 Å². The van der Waals surface area contributed by atoms with E-state index >= 15 is 0 Å². The van der Waals surface area contributed by atoms with Crippen LogP contribution in [0.5, 0.6) is 0 Å². The molecule has 4 heteroatoms. The molecule has 3 aromatic rings. The third-order valence-corrected chi connectivity index (χ3v) is 3.13. The highest BCUT2D eigenvalue weighted by Gasteiger charge is 2.09. The molecule has 0 saturated carbocycles. The van der Waals surface area contributed by atoms with Gasteiger partial charge in [0.1, 0.15) is 18.2 Å². The zero-order valence-electron chi connectivity index (χ0n) is 10.3. The maximum atomic E-state index is 12.9. The number of halogens is 1. The van der Waals surface area contributed by atoms with Crippen molar-refractivity contribution in [1.82, 2.24) is 9.55 Å². The van der Waals surface area contributed by atoms with Crippen molar-refractivity contribution in [1.29, 1.82) is 0 Å². The van der Waals surface area contributed by atoms with Crippen LogP contribution in [-0.2, 0) is 13.2 Å². The van der Waals surface area contributed by atoms with Gasteiger partial charge in [0.15, 0.2) is 0 Å². The minimum Gasteiger partial charge on any atom is -0.388 e. The molecule has 0 unspecified atom stereocenters. The smallest absolute Gasteiger partial charge is 0.136 e. The van der Waals surface area contributed by atoms with Crippen molar-refractivity contribution >= 4 is 11.0 Å². The summed E-state index contributed by atoms with van der Waals surface area (Å²) in [6.07, 6.45) is 0. The maximum Gasteiger partial charge on any atom is 0.136 e. The SMILES string of the molecule is OCc1nc2ccccc2n1Cc1ccc(F)cc1. The molecule has 3 rings (SSSR count). The molecule has 0 bridgehead atoms. The number of hydrogen-bond acceptors (Lipinski definition) is 2. The lowest BCUT2D eigenvalue weighted by Crippen LogP contribution is -2.05. The van der Waals surface area contributed by atoms with Gasteiger partial charge in [-0.3, -0.25) is 0 Å². The second kappa shape index (κ2) is 4.82. The molecule has 0 aliphatic rings. The van der Waals surface area contributed by atoms with E-state index in [2.05, 4.69) is 4.98 Å². The molecule has 0 saturated heterocycles. The summed E-state index contributed by atoms with van der Waals surface area (Å²) in [4.78, 5) is 4.38. The van der Waals surface area contributed by atoms with Crippen LogP contribution in [0.15, 0.2) is 48.5 Å².